The van der Waals surface area contributed by atoms with E-state index in [9.17, 15) is 4.79 Å². The van der Waals surface area contributed by atoms with Crippen LogP contribution in [0.4, 0.5) is 5.82 Å². The van der Waals surface area contributed by atoms with Gasteiger partial charge in [0.25, 0.3) is 5.91 Å². The molecule has 1 aliphatic carbocycles. The van der Waals surface area contributed by atoms with Gasteiger partial charge in [0.1, 0.15) is 5.82 Å². The molecule has 1 aromatic heterocycles. The Balaban J connectivity index is 1.70. The predicted molar refractivity (Wildman–Crippen MR) is 79.8 cm³/mol. The number of likely N-dealkylation sites (tertiary alicyclic amines) is 1. The Morgan fingerprint density at radius 1 is 1.25 bits per heavy atom. The van der Waals surface area contributed by atoms with Crippen molar-refractivity contribution < 1.29 is 4.79 Å². The fourth-order valence-electron chi connectivity index (χ4n) is 3.76. The molecule has 0 bridgehead atoms. The van der Waals surface area contributed by atoms with Crippen LogP contribution in [0.1, 0.15) is 48.9 Å². The fourth-order valence-corrected chi connectivity index (χ4v) is 3.76. The number of pyridine rings is 1. The molecule has 0 aromatic carbocycles. The number of hydrogen-bond acceptors (Lipinski definition) is 3. The van der Waals surface area contributed by atoms with E-state index in [0.29, 0.717) is 16.8 Å². The van der Waals surface area contributed by atoms with Crippen molar-refractivity contribution in [3.05, 3.63) is 23.9 Å². The van der Waals surface area contributed by atoms with Gasteiger partial charge in [-0.2, -0.15) is 0 Å². The highest BCUT2D eigenvalue weighted by Gasteiger charge is 2.38. The van der Waals surface area contributed by atoms with Gasteiger partial charge in [-0.05, 0) is 43.2 Å². The lowest BCUT2D eigenvalue weighted by atomic mass is 9.77. The smallest absolute Gasteiger partial charge is 0.257 e. The maximum atomic E-state index is 12.6. The molecule has 2 fully saturated rings. The molecule has 1 saturated carbocycles. The Hall–Kier alpha value is -1.58. The zero-order chi connectivity index (χ0) is 14.0. The first-order valence-corrected chi connectivity index (χ1v) is 7.66. The van der Waals surface area contributed by atoms with Gasteiger partial charge < -0.3 is 10.2 Å². The van der Waals surface area contributed by atoms with Crippen molar-refractivity contribution in [2.75, 3.05) is 25.5 Å². The Morgan fingerprint density at radius 3 is 2.60 bits per heavy atom. The highest BCUT2D eigenvalue weighted by Crippen LogP contribution is 2.46. The number of carbonyl (C=O) groups excluding carboxylic acids is 1. The van der Waals surface area contributed by atoms with Crippen molar-refractivity contribution in [3.63, 3.8) is 0 Å². The molecule has 0 radical (unpaired) electrons. The van der Waals surface area contributed by atoms with Crippen molar-refractivity contribution in [3.8, 4) is 0 Å². The first-order valence-electron chi connectivity index (χ1n) is 7.66. The van der Waals surface area contributed by atoms with E-state index in [1.54, 1.807) is 6.20 Å². The van der Waals surface area contributed by atoms with Gasteiger partial charge in [-0.25, -0.2) is 4.98 Å². The number of nitrogens with one attached hydrogen (secondary N) is 1. The second-order valence-electron chi connectivity index (χ2n) is 6.15. The molecular formula is C16H23N3O. The minimum absolute atomic E-state index is 0.121. The highest BCUT2D eigenvalue weighted by molar-refractivity contribution is 5.98. The topological polar surface area (TPSA) is 45.2 Å². The molecule has 1 amide bonds. The van der Waals surface area contributed by atoms with Crippen LogP contribution in [0.2, 0.25) is 0 Å². The molecule has 1 saturated heterocycles. The Labute approximate surface area is 120 Å². The number of nitrogens with zero attached hydrogens (tertiary/aromatic N) is 2. The SMILES string of the molecule is CNc1ncccc1C(=O)N1CCC2(CCCC2)CC1. The Morgan fingerprint density at radius 2 is 1.95 bits per heavy atom. The Kier molecular flexibility index (Phi) is 3.64. The minimum Gasteiger partial charge on any atom is -0.372 e. The van der Waals surface area contributed by atoms with E-state index in [1.807, 2.05) is 24.1 Å². The highest BCUT2D eigenvalue weighted by atomic mass is 16.2. The summed E-state index contributed by atoms with van der Waals surface area (Å²) in [6.07, 6.45) is 9.54. The van der Waals surface area contributed by atoms with Crippen LogP contribution >= 0.6 is 0 Å². The molecule has 20 heavy (non-hydrogen) atoms. The zero-order valence-corrected chi connectivity index (χ0v) is 12.2. The van der Waals surface area contributed by atoms with Crippen LogP contribution in [0.15, 0.2) is 18.3 Å². The maximum absolute atomic E-state index is 12.6. The number of amides is 1. The van der Waals surface area contributed by atoms with Gasteiger partial charge in [-0.1, -0.05) is 12.8 Å². The third kappa shape index (κ3) is 2.39. The van der Waals surface area contributed by atoms with Crippen LogP contribution in [0.25, 0.3) is 0 Å². The normalized spacial score (nSPS) is 21.1. The average molecular weight is 273 g/mol. The second-order valence-corrected chi connectivity index (χ2v) is 6.15. The number of piperidine rings is 1. The molecule has 2 aliphatic rings. The van der Waals surface area contributed by atoms with Gasteiger partial charge in [0.15, 0.2) is 0 Å². The molecule has 1 aliphatic heterocycles. The van der Waals surface area contributed by atoms with Crippen LogP contribution in [-0.4, -0.2) is 35.9 Å². The van der Waals surface area contributed by atoms with E-state index in [1.165, 1.54) is 38.5 Å². The van der Waals surface area contributed by atoms with Gasteiger partial charge in [0.05, 0.1) is 5.56 Å². The number of anilines is 1. The summed E-state index contributed by atoms with van der Waals surface area (Å²) < 4.78 is 0. The predicted octanol–water partition coefficient (Wildman–Crippen LogP) is 2.92. The summed E-state index contributed by atoms with van der Waals surface area (Å²) in [4.78, 5) is 18.9. The van der Waals surface area contributed by atoms with Crippen molar-refractivity contribution in [2.45, 2.75) is 38.5 Å². The summed E-state index contributed by atoms with van der Waals surface area (Å²) in [7, 11) is 1.81. The van der Waals surface area contributed by atoms with Crippen LogP contribution in [0, 0.1) is 5.41 Å². The number of aromatic nitrogens is 1. The van der Waals surface area contributed by atoms with Gasteiger partial charge in [0.2, 0.25) is 0 Å². The maximum Gasteiger partial charge on any atom is 0.257 e. The summed E-state index contributed by atoms with van der Waals surface area (Å²) in [5.74, 6) is 0.800. The van der Waals surface area contributed by atoms with Gasteiger partial charge in [-0.15, -0.1) is 0 Å². The molecule has 4 heteroatoms. The second kappa shape index (κ2) is 5.43. The molecule has 1 N–H and O–H groups in total. The standard InChI is InChI=1S/C16H23N3O/c1-17-14-13(5-4-10-18-14)15(20)19-11-8-16(9-12-19)6-2-3-7-16/h4-5,10H,2-3,6-9,11-12H2,1H3,(H,17,18). The molecular weight excluding hydrogens is 250 g/mol. The van der Waals surface area contributed by atoms with Crippen LogP contribution in [-0.2, 0) is 0 Å². The first-order chi connectivity index (χ1) is 9.74. The molecule has 0 unspecified atom stereocenters. The molecule has 1 aromatic rings. The van der Waals surface area contributed by atoms with Crippen molar-refractivity contribution in [1.82, 2.24) is 9.88 Å². The van der Waals surface area contributed by atoms with Crippen molar-refractivity contribution in [1.29, 1.82) is 0 Å². The Bertz CT molecular complexity index is 484. The number of rotatable bonds is 2. The van der Waals surface area contributed by atoms with E-state index in [4.69, 9.17) is 0 Å². The molecule has 3 rings (SSSR count). The summed E-state index contributed by atoms with van der Waals surface area (Å²) in [6, 6.07) is 3.69. The third-order valence-electron chi connectivity index (χ3n) is 5.05. The van der Waals surface area contributed by atoms with E-state index in [0.717, 1.165) is 13.1 Å². The lowest BCUT2D eigenvalue weighted by Gasteiger charge is -2.39. The molecule has 1 spiro atoms. The zero-order valence-electron chi connectivity index (χ0n) is 12.2. The summed E-state index contributed by atoms with van der Waals surface area (Å²) in [6.45, 7) is 1.80. The van der Waals surface area contributed by atoms with E-state index < -0.39 is 0 Å². The summed E-state index contributed by atoms with van der Waals surface area (Å²) in [5.41, 5.74) is 1.25. The van der Waals surface area contributed by atoms with E-state index in [-0.39, 0.29) is 5.91 Å². The molecule has 108 valence electrons. The van der Waals surface area contributed by atoms with Crippen LogP contribution in [0.3, 0.4) is 0 Å². The molecule has 4 nitrogen and oxygen atoms in total. The number of carbonyl (C=O) groups is 1. The van der Waals surface area contributed by atoms with Gasteiger partial charge in [0, 0.05) is 26.3 Å². The molecule has 0 atom stereocenters. The number of hydrogen-bond donors (Lipinski definition) is 1. The minimum atomic E-state index is 0.121. The van der Waals surface area contributed by atoms with Crippen molar-refractivity contribution >= 4 is 11.7 Å². The van der Waals surface area contributed by atoms with Crippen LogP contribution < -0.4 is 5.32 Å². The van der Waals surface area contributed by atoms with Gasteiger partial charge in [-0.3, -0.25) is 4.79 Å². The third-order valence-corrected chi connectivity index (χ3v) is 5.05. The van der Waals surface area contributed by atoms with E-state index >= 15 is 0 Å². The average Bonchev–Trinajstić information content (AvgIpc) is 2.95. The first kappa shape index (κ1) is 13.4. The molecule has 2 heterocycles. The lowest BCUT2D eigenvalue weighted by Crippen LogP contribution is -2.42. The monoisotopic (exact) mass is 273 g/mol. The van der Waals surface area contributed by atoms with Crippen LogP contribution in [0.5, 0.6) is 0 Å². The lowest BCUT2D eigenvalue weighted by molar-refractivity contribution is 0.0588. The summed E-state index contributed by atoms with van der Waals surface area (Å²) >= 11 is 0. The van der Waals surface area contributed by atoms with Crippen molar-refractivity contribution in [2.24, 2.45) is 5.41 Å². The fraction of sp³-hybridized carbons (Fsp3) is 0.625. The largest absolute Gasteiger partial charge is 0.372 e. The summed E-state index contributed by atoms with van der Waals surface area (Å²) in [5, 5.41) is 3.01. The quantitative estimate of drug-likeness (QED) is 0.901. The van der Waals surface area contributed by atoms with Gasteiger partial charge >= 0.3 is 0 Å². The van der Waals surface area contributed by atoms with E-state index in [2.05, 4.69) is 10.3 Å².